The summed E-state index contributed by atoms with van der Waals surface area (Å²) in [6.07, 6.45) is 2.85. The fourth-order valence-electron chi connectivity index (χ4n) is 1.98. The lowest BCUT2D eigenvalue weighted by molar-refractivity contribution is -0.128. The Morgan fingerprint density at radius 3 is 2.50 bits per heavy atom. The van der Waals surface area contributed by atoms with E-state index in [-0.39, 0.29) is 21.9 Å². The van der Waals surface area contributed by atoms with Gasteiger partial charge in [0.15, 0.2) is 0 Å². The predicted molar refractivity (Wildman–Crippen MR) is 69.0 cm³/mol. The van der Waals surface area contributed by atoms with Gasteiger partial charge in [-0.05, 0) is 31.0 Å². The Hall–Kier alpha value is -1.55. The van der Waals surface area contributed by atoms with E-state index in [9.17, 15) is 9.59 Å². The highest BCUT2D eigenvalue weighted by Crippen LogP contribution is 2.41. The second-order valence-electron chi connectivity index (χ2n) is 4.87. The number of anilines is 1. The number of carboxylic acids is 1. The summed E-state index contributed by atoms with van der Waals surface area (Å²) in [6, 6.07) is 4.41. The molecule has 1 fully saturated rings. The van der Waals surface area contributed by atoms with Crippen molar-refractivity contribution in [3.63, 3.8) is 0 Å². The number of amides is 1. The average Bonchev–Trinajstić information content (AvgIpc) is 2.25. The van der Waals surface area contributed by atoms with Crippen LogP contribution in [0.4, 0.5) is 5.69 Å². The summed E-state index contributed by atoms with van der Waals surface area (Å²) in [5.41, 5.74) is 0.269. The number of carbonyl (C=O) groups excluding carboxylic acids is 1. The van der Waals surface area contributed by atoms with Crippen LogP contribution < -0.4 is 5.32 Å². The maximum Gasteiger partial charge on any atom is 0.337 e. The zero-order valence-corrected chi connectivity index (χ0v) is 10.8. The molecule has 0 radical (unpaired) electrons. The van der Waals surface area contributed by atoms with Gasteiger partial charge < -0.3 is 10.4 Å². The van der Waals surface area contributed by atoms with Gasteiger partial charge in [0.2, 0.25) is 5.91 Å². The minimum Gasteiger partial charge on any atom is -0.478 e. The molecule has 1 aliphatic rings. The first-order chi connectivity index (χ1) is 8.42. The molecular weight excluding hydrogens is 254 g/mol. The second kappa shape index (κ2) is 4.61. The van der Waals surface area contributed by atoms with Gasteiger partial charge in [-0.3, -0.25) is 4.79 Å². The van der Waals surface area contributed by atoms with E-state index < -0.39 is 5.97 Å². The van der Waals surface area contributed by atoms with E-state index in [4.69, 9.17) is 16.7 Å². The molecule has 5 heteroatoms. The lowest BCUT2D eigenvalue weighted by atomic mass is 9.70. The van der Waals surface area contributed by atoms with Gasteiger partial charge in [0.05, 0.1) is 10.6 Å². The Morgan fingerprint density at radius 2 is 2.06 bits per heavy atom. The zero-order valence-electron chi connectivity index (χ0n) is 10.00. The summed E-state index contributed by atoms with van der Waals surface area (Å²) < 4.78 is 0. The van der Waals surface area contributed by atoms with Crippen LogP contribution in [-0.4, -0.2) is 17.0 Å². The molecule has 1 aliphatic carbocycles. The van der Waals surface area contributed by atoms with Gasteiger partial charge >= 0.3 is 5.97 Å². The number of carboxylic acid groups (broad SMARTS) is 1. The van der Waals surface area contributed by atoms with Gasteiger partial charge in [-0.2, -0.15) is 0 Å². The summed E-state index contributed by atoms with van der Waals surface area (Å²) in [5, 5.41) is 11.7. The molecule has 0 unspecified atom stereocenters. The molecule has 1 aromatic rings. The number of nitrogens with one attached hydrogen (secondary N) is 1. The summed E-state index contributed by atoms with van der Waals surface area (Å²) in [7, 11) is 0. The molecule has 0 aliphatic heterocycles. The monoisotopic (exact) mass is 267 g/mol. The van der Waals surface area contributed by atoms with Crippen LogP contribution in [0.15, 0.2) is 18.2 Å². The van der Waals surface area contributed by atoms with Crippen molar-refractivity contribution in [2.75, 3.05) is 5.32 Å². The highest BCUT2D eigenvalue weighted by Gasteiger charge is 2.39. The van der Waals surface area contributed by atoms with E-state index in [1.165, 1.54) is 12.1 Å². The lowest BCUT2D eigenvalue weighted by Crippen LogP contribution is -2.39. The van der Waals surface area contributed by atoms with Crippen molar-refractivity contribution in [3.8, 4) is 0 Å². The van der Waals surface area contributed by atoms with Gasteiger partial charge in [0.25, 0.3) is 0 Å². The molecule has 96 valence electrons. The summed E-state index contributed by atoms with van der Waals surface area (Å²) in [5.74, 6) is -1.11. The largest absolute Gasteiger partial charge is 0.478 e. The van der Waals surface area contributed by atoms with E-state index in [1.807, 2.05) is 6.92 Å². The summed E-state index contributed by atoms with van der Waals surface area (Å²) in [6.45, 7) is 1.93. The molecule has 1 aromatic carbocycles. The number of carbonyl (C=O) groups is 2. The van der Waals surface area contributed by atoms with Crippen LogP contribution in [0.3, 0.4) is 0 Å². The quantitative estimate of drug-likeness (QED) is 0.884. The number of hydrogen-bond donors (Lipinski definition) is 2. The molecule has 1 amide bonds. The highest BCUT2D eigenvalue weighted by atomic mass is 35.5. The Balaban J connectivity index is 2.13. The van der Waals surface area contributed by atoms with Crippen molar-refractivity contribution in [1.82, 2.24) is 0 Å². The van der Waals surface area contributed by atoms with Crippen LogP contribution in [0.5, 0.6) is 0 Å². The number of hydrogen-bond acceptors (Lipinski definition) is 2. The van der Waals surface area contributed by atoms with Gasteiger partial charge in [-0.25, -0.2) is 4.79 Å². The molecule has 0 saturated heterocycles. The normalized spacial score (nSPS) is 16.8. The zero-order chi connectivity index (χ0) is 13.3. The molecule has 2 rings (SSSR count). The van der Waals surface area contributed by atoms with Gasteiger partial charge in [0.1, 0.15) is 0 Å². The van der Waals surface area contributed by atoms with Crippen molar-refractivity contribution >= 4 is 29.2 Å². The Morgan fingerprint density at radius 1 is 1.39 bits per heavy atom. The molecule has 0 spiro atoms. The second-order valence-corrected chi connectivity index (χ2v) is 5.28. The number of rotatable bonds is 3. The van der Waals surface area contributed by atoms with E-state index in [0.717, 1.165) is 19.3 Å². The van der Waals surface area contributed by atoms with Crippen LogP contribution in [0.25, 0.3) is 0 Å². The first-order valence-corrected chi connectivity index (χ1v) is 6.14. The Labute approximate surface area is 110 Å². The van der Waals surface area contributed by atoms with Gasteiger partial charge in [-0.15, -0.1) is 0 Å². The molecule has 4 nitrogen and oxygen atoms in total. The van der Waals surface area contributed by atoms with E-state index in [2.05, 4.69) is 5.32 Å². The average molecular weight is 268 g/mol. The lowest BCUT2D eigenvalue weighted by Gasteiger charge is -2.36. The Kier molecular flexibility index (Phi) is 3.30. The molecule has 2 N–H and O–H groups in total. The third-order valence-corrected chi connectivity index (χ3v) is 3.78. The van der Waals surface area contributed by atoms with Crippen molar-refractivity contribution in [2.45, 2.75) is 26.2 Å². The fraction of sp³-hybridized carbons (Fsp3) is 0.385. The molecule has 0 atom stereocenters. The Bertz CT molecular complexity index is 509. The maximum atomic E-state index is 12.0. The smallest absolute Gasteiger partial charge is 0.337 e. The standard InChI is InChI=1S/C13H14ClNO3/c1-13(5-2-6-13)12(18)15-8-3-4-9(11(16)17)10(14)7-8/h3-4,7H,2,5-6H2,1H3,(H,15,18)(H,16,17). The SMILES string of the molecule is CC1(C(=O)Nc2ccc(C(=O)O)c(Cl)c2)CCC1. The summed E-state index contributed by atoms with van der Waals surface area (Å²) in [4.78, 5) is 22.8. The van der Waals surface area contributed by atoms with Crippen molar-refractivity contribution in [3.05, 3.63) is 28.8 Å². The van der Waals surface area contributed by atoms with Crippen LogP contribution in [0.2, 0.25) is 5.02 Å². The van der Waals surface area contributed by atoms with E-state index in [1.54, 1.807) is 6.07 Å². The highest BCUT2D eigenvalue weighted by molar-refractivity contribution is 6.33. The van der Waals surface area contributed by atoms with Crippen LogP contribution >= 0.6 is 11.6 Å². The van der Waals surface area contributed by atoms with E-state index >= 15 is 0 Å². The number of aromatic carboxylic acids is 1. The van der Waals surface area contributed by atoms with E-state index in [0.29, 0.717) is 5.69 Å². The predicted octanol–water partition coefficient (Wildman–Crippen LogP) is 3.17. The van der Waals surface area contributed by atoms with Gasteiger partial charge in [0, 0.05) is 11.1 Å². The van der Waals surface area contributed by atoms with Crippen molar-refractivity contribution < 1.29 is 14.7 Å². The number of halogens is 1. The van der Waals surface area contributed by atoms with Gasteiger partial charge in [-0.1, -0.05) is 24.9 Å². The molecular formula is C13H14ClNO3. The minimum atomic E-state index is -1.08. The number of benzene rings is 1. The third-order valence-electron chi connectivity index (χ3n) is 3.46. The minimum absolute atomic E-state index is 0.0320. The summed E-state index contributed by atoms with van der Waals surface area (Å²) >= 11 is 5.84. The fourth-order valence-corrected chi connectivity index (χ4v) is 2.24. The maximum absolute atomic E-state index is 12.0. The topological polar surface area (TPSA) is 66.4 Å². The molecule has 0 heterocycles. The first-order valence-electron chi connectivity index (χ1n) is 5.77. The van der Waals surface area contributed by atoms with Crippen LogP contribution in [0.1, 0.15) is 36.5 Å². The molecule has 0 bridgehead atoms. The molecule has 1 saturated carbocycles. The van der Waals surface area contributed by atoms with Crippen LogP contribution in [-0.2, 0) is 4.79 Å². The first kappa shape index (κ1) is 12.9. The molecule has 18 heavy (non-hydrogen) atoms. The van der Waals surface area contributed by atoms with Crippen molar-refractivity contribution in [2.24, 2.45) is 5.41 Å². The molecule has 0 aromatic heterocycles. The third kappa shape index (κ3) is 2.34. The van der Waals surface area contributed by atoms with Crippen LogP contribution in [0, 0.1) is 5.41 Å². The van der Waals surface area contributed by atoms with Crippen molar-refractivity contribution in [1.29, 1.82) is 0 Å².